The summed E-state index contributed by atoms with van der Waals surface area (Å²) in [4.78, 5) is 18.0. The molecule has 0 amide bonds. The molecule has 3 N–H and O–H groups in total. The van der Waals surface area contributed by atoms with Crippen LogP contribution in [0, 0.1) is 6.92 Å². The van der Waals surface area contributed by atoms with Crippen LogP contribution in [-0.2, 0) is 7.05 Å². The zero-order valence-electron chi connectivity index (χ0n) is 21.4. The van der Waals surface area contributed by atoms with Gasteiger partial charge >= 0.3 is 5.69 Å². The van der Waals surface area contributed by atoms with E-state index in [0.29, 0.717) is 16.3 Å². The van der Waals surface area contributed by atoms with Crippen LogP contribution in [0.2, 0.25) is 5.02 Å². The normalized spacial score (nSPS) is 13.6. The van der Waals surface area contributed by atoms with Crippen molar-refractivity contribution in [2.45, 2.75) is 13.8 Å². The van der Waals surface area contributed by atoms with E-state index in [1.54, 1.807) is 25.5 Å². The minimum Gasteiger partial charge on any atom is -0.507 e. The molecule has 5 aromatic rings. The first-order chi connectivity index (χ1) is 18.3. The predicted octanol–water partition coefficient (Wildman–Crippen LogP) is 5.93. The van der Waals surface area contributed by atoms with Crippen LogP contribution in [0.5, 0.6) is 5.75 Å². The topological polar surface area (TPSA) is 78.2 Å². The summed E-state index contributed by atoms with van der Waals surface area (Å²) in [6.45, 7) is 5.79. The van der Waals surface area contributed by atoms with Gasteiger partial charge in [0, 0.05) is 72.7 Å². The van der Waals surface area contributed by atoms with Gasteiger partial charge in [-0.2, -0.15) is 0 Å². The smallest absolute Gasteiger partial charge is 0.332 e. The molecule has 0 aliphatic carbocycles. The van der Waals surface area contributed by atoms with E-state index in [1.807, 2.05) is 37.4 Å². The van der Waals surface area contributed by atoms with Gasteiger partial charge in [0.1, 0.15) is 5.75 Å². The van der Waals surface area contributed by atoms with Gasteiger partial charge in [-0.3, -0.25) is 4.57 Å². The lowest BCUT2D eigenvalue weighted by Crippen LogP contribution is -2.33. The molecule has 0 unspecified atom stereocenters. The van der Waals surface area contributed by atoms with Crippen LogP contribution in [0.25, 0.3) is 38.8 Å². The maximum absolute atomic E-state index is 12.4. The molecule has 3 heterocycles. The number of nitrogens with one attached hydrogen (secondary N) is 2. The largest absolute Gasteiger partial charge is 0.507 e. The summed E-state index contributed by atoms with van der Waals surface area (Å²) < 4.78 is 3.00. The van der Waals surface area contributed by atoms with Gasteiger partial charge in [0.2, 0.25) is 0 Å². The van der Waals surface area contributed by atoms with Crippen LogP contribution in [0.1, 0.15) is 12.5 Å². The summed E-state index contributed by atoms with van der Waals surface area (Å²) in [5.74, 6) is 0.181. The first-order valence-electron chi connectivity index (χ1n) is 12.5. The van der Waals surface area contributed by atoms with Crippen molar-refractivity contribution in [3.63, 3.8) is 0 Å². The molecule has 2 aromatic heterocycles. The van der Waals surface area contributed by atoms with Gasteiger partial charge in [-0.1, -0.05) is 17.7 Å². The fourth-order valence-corrected chi connectivity index (χ4v) is 5.46. The summed E-state index contributed by atoms with van der Waals surface area (Å²) in [5, 5.41) is 16.5. The van der Waals surface area contributed by atoms with Crippen LogP contribution in [-0.4, -0.2) is 32.3 Å². The van der Waals surface area contributed by atoms with E-state index in [-0.39, 0.29) is 11.4 Å². The van der Waals surface area contributed by atoms with Crippen LogP contribution in [0.15, 0.2) is 83.8 Å². The summed E-state index contributed by atoms with van der Waals surface area (Å²) in [6.07, 6.45) is 7.45. The van der Waals surface area contributed by atoms with Crippen molar-refractivity contribution in [2.75, 3.05) is 18.0 Å². The number of fused-ring (bicyclic) bond motifs is 1. The molecule has 38 heavy (non-hydrogen) atoms. The van der Waals surface area contributed by atoms with Crippen molar-refractivity contribution in [3.8, 4) is 33.7 Å². The number of rotatable bonds is 4. The number of aromatic nitrogens is 3. The molecule has 0 bridgehead atoms. The summed E-state index contributed by atoms with van der Waals surface area (Å²) in [6, 6.07) is 15.7. The quantitative estimate of drug-likeness (QED) is 0.272. The molecule has 8 heteroatoms. The Bertz CT molecular complexity index is 1790. The average molecular weight is 526 g/mol. The Morgan fingerprint density at radius 2 is 1.74 bits per heavy atom. The first-order valence-corrected chi connectivity index (χ1v) is 12.9. The van der Waals surface area contributed by atoms with Crippen LogP contribution in [0.3, 0.4) is 0 Å². The number of H-pyrrole nitrogens is 1. The predicted molar refractivity (Wildman–Crippen MR) is 154 cm³/mol. The third kappa shape index (κ3) is 4.05. The van der Waals surface area contributed by atoms with E-state index in [1.165, 1.54) is 9.13 Å². The third-order valence-corrected chi connectivity index (χ3v) is 7.40. The van der Waals surface area contributed by atoms with Crippen molar-refractivity contribution >= 4 is 28.2 Å². The number of aryl methyl sites for hydroxylation is 2. The highest BCUT2D eigenvalue weighted by Crippen LogP contribution is 2.43. The Kier molecular flexibility index (Phi) is 5.80. The van der Waals surface area contributed by atoms with E-state index in [0.717, 1.165) is 57.6 Å². The lowest BCUT2D eigenvalue weighted by molar-refractivity contribution is 0.479. The van der Waals surface area contributed by atoms with E-state index in [4.69, 9.17) is 11.6 Å². The van der Waals surface area contributed by atoms with Crippen LogP contribution in [0.4, 0.5) is 5.69 Å². The summed E-state index contributed by atoms with van der Waals surface area (Å²) in [5.41, 5.74) is 7.75. The second-order valence-corrected chi connectivity index (χ2v) is 10.2. The van der Waals surface area contributed by atoms with Crippen LogP contribution < -0.4 is 15.9 Å². The first kappa shape index (κ1) is 24.0. The standard InChI is InChI=1S/C30H28ClN5O2/c1-18-12-23(20-4-5-27(25(31)14-20)36-11-10-34(3)30(36)38)29(37)24(13-18)21-15-26-22(6-7-33-26)28(16-21)35-9-8-32-19(2)17-35/h4-7,10-17,32-33,37H,8-9H2,1-3H3. The Morgan fingerprint density at radius 3 is 2.45 bits per heavy atom. The van der Waals surface area contributed by atoms with E-state index in [2.05, 4.69) is 46.5 Å². The number of hydrogen-bond donors (Lipinski definition) is 3. The zero-order chi connectivity index (χ0) is 26.6. The number of aromatic amines is 1. The SMILES string of the molecule is CC1=CN(c2cc(-c3cc(C)cc(-c4ccc(-n5ccn(C)c5=O)c(Cl)c4)c3O)cc3[nH]ccc23)CCN1. The second kappa shape index (κ2) is 9.19. The van der Waals surface area contributed by atoms with Gasteiger partial charge < -0.3 is 24.9 Å². The molecule has 6 rings (SSSR count). The molecular formula is C30H28ClN5O2. The highest BCUT2D eigenvalue weighted by atomic mass is 35.5. The highest BCUT2D eigenvalue weighted by Gasteiger charge is 2.19. The van der Waals surface area contributed by atoms with Crippen molar-refractivity contribution < 1.29 is 5.11 Å². The number of hydrogen-bond acceptors (Lipinski definition) is 4. The number of halogens is 1. The Hall–Kier alpha value is -4.36. The monoisotopic (exact) mass is 525 g/mol. The van der Waals surface area contributed by atoms with Crippen LogP contribution >= 0.6 is 11.6 Å². The number of phenolic OH excluding ortho intramolecular Hbond substituents is 1. The van der Waals surface area contributed by atoms with Crippen molar-refractivity contribution in [1.29, 1.82) is 0 Å². The van der Waals surface area contributed by atoms with Gasteiger partial charge in [-0.15, -0.1) is 0 Å². The highest BCUT2D eigenvalue weighted by molar-refractivity contribution is 6.32. The van der Waals surface area contributed by atoms with Gasteiger partial charge in [0.15, 0.2) is 0 Å². The minimum atomic E-state index is -0.176. The zero-order valence-corrected chi connectivity index (χ0v) is 22.2. The molecule has 0 saturated carbocycles. The lowest BCUT2D eigenvalue weighted by Gasteiger charge is -2.28. The number of phenols is 1. The Labute approximate surface area is 225 Å². The fraction of sp³-hybridized carbons (Fsp3) is 0.167. The molecule has 0 fully saturated rings. The third-order valence-electron chi connectivity index (χ3n) is 7.09. The van der Waals surface area contributed by atoms with E-state index >= 15 is 0 Å². The van der Waals surface area contributed by atoms with Crippen molar-refractivity contribution in [1.82, 2.24) is 19.4 Å². The van der Waals surface area contributed by atoms with E-state index in [9.17, 15) is 9.90 Å². The molecule has 7 nitrogen and oxygen atoms in total. The second-order valence-electron chi connectivity index (χ2n) is 9.80. The molecule has 1 aliphatic heterocycles. The molecule has 0 saturated heterocycles. The Morgan fingerprint density at radius 1 is 0.947 bits per heavy atom. The van der Waals surface area contributed by atoms with Crippen molar-refractivity contribution in [2.24, 2.45) is 7.05 Å². The average Bonchev–Trinajstić information content (AvgIpc) is 3.51. The van der Waals surface area contributed by atoms with Gasteiger partial charge in [0.25, 0.3) is 0 Å². The van der Waals surface area contributed by atoms with E-state index < -0.39 is 0 Å². The molecule has 1 aliphatic rings. The summed E-state index contributed by atoms with van der Waals surface area (Å²) >= 11 is 6.64. The molecular weight excluding hydrogens is 498 g/mol. The number of aromatic hydroxyl groups is 1. The number of benzene rings is 3. The van der Waals surface area contributed by atoms with Gasteiger partial charge in [-0.25, -0.2) is 4.79 Å². The van der Waals surface area contributed by atoms with Crippen molar-refractivity contribution in [3.05, 3.63) is 100 Å². The number of allylic oxidation sites excluding steroid dienone is 1. The lowest BCUT2D eigenvalue weighted by atomic mass is 9.94. The number of imidazole rings is 1. The summed E-state index contributed by atoms with van der Waals surface area (Å²) in [7, 11) is 1.70. The molecule has 3 aromatic carbocycles. The van der Waals surface area contributed by atoms with Gasteiger partial charge in [-0.05, 0) is 73.0 Å². The molecule has 192 valence electrons. The number of nitrogens with zero attached hydrogens (tertiary/aromatic N) is 3. The molecule has 0 radical (unpaired) electrons. The Balaban J connectivity index is 1.47. The molecule has 0 atom stereocenters. The number of anilines is 1. The fourth-order valence-electron chi connectivity index (χ4n) is 5.18. The maximum Gasteiger partial charge on any atom is 0.332 e. The maximum atomic E-state index is 12.4. The molecule has 0 spiro atoms. The minimum absolute atomic E-state index is 0.176. The van der Waals surface area contributed by atoms with Gasteiger partial charge in [0.05, 0.1) is 16.4 Å².